The molecule has 1 aliphatic rings. The Morgan fingerprint density at radius 3 is 1.77 bits per heavy atom. The van der Waals surface area contributed by atoms with Crippen LogP contribution < -0.4 is 0 Å². The maximum atomic E-state index is 2.73. The van der Waals surface area contributed by atoms with Crippen molar-refractivity contribution in [2.24, 2.45) is 5.92 Å². The second-order valence-corrected chi connectivity index (χ2v) is 21.5. The van der Waals surface area contributed by atoms with E-state index in [1.165, 1.54) is 12.8 Å². The van der Waals surface area contributed by atoms with Gasteiger partial charge in [-0.1, -0.05) is 0 Å². The zero-order chi connectivity index (χ0) is 16.9. The molecule has 0 amide bonds. The van der Waals surface area contributed by atoms with Crippen molar-refractivity contribution in [2.45, 2.75) is 47.5 Å². The Bertz CT molecular complexity index is 390. The van der Waals surface area contributed by atoms with Crippen LogP contribution in [0.15, 0.2) is 21.1 Å². The minimum atomic E-state index is -3.12. The van der Waals surface area contributed by atoms with Gasteiger partial charge >= 0.3 is 145 Å². The quantitative estimate of drug-likeness (QED) is 0.469. The molecule has 0 saturated carbocycles. The Kier molecular flexibility index (Phi) is 8.21. The molecule has 0 saturated heterocycles. The molecule has 3 nitrogen and oxygen atoms in total. The number of allylic oxidation sites excluding steroid dienone is 4. The molecule has 0 aromatic heterocycles. The van der Waals surface area contributed by atoms with Crippen LogP contribution in [0, 0.1) is 5.92 Å². The Morgan fingerprint density at radius 1 is 0.955 bits per heavy atom. The van der Waals surface area contributed by atoms with E-state index < -0.39 is 20.8 Å². The molecule has 1 rings (SSSR count). The molecule has 1 aliphatic carbocycles. The standard InChI is InChI=1S/C9H13.3C3H8N.Hf/c1-3-8(2)9-6-4-5-7-9;3*1-3-4-2;/h4,6,8H,3,5H2,1-2H3;3*3H2,1-2H3;/q;3*-1;+3. The van der Waals surface area contributed by atoms with Crippen LogP contribution in [0.4, 0.5) is 0 Å². The van der Waals surface area contributed by atoms with Gasteiger partial charge in [0.25, 0.3) is 0 Å². The first-order valence-corrected chi connectivity index (χ1v) is 15.6. The van der Waals surface area contributed by atoms with E-state index in [0.717, 1.165) is 19.6 Å². The van der Waals surface area contributed by atoms with E-state index in [-0.39, 0.29) is 0 Å². The SMILES string of the molecule is CCC(C)C1=[C]([Hf]([N](C)CC)([N](C)CC)[N](C)CC)CC=C1. The van der Waals surface area contributed by atoms with Gasteiger partial charge in [0.2, 0.25) is 0 Å². The Labute approximate surface area is 144 Å². The molecule has 1 unspecified atom stereocenters. The fourth-order valence-corrected chi connectivity index (χ4v) is 23.7. The summed E-state index contributed by atoms with van der Waals surface area (Å²) in [4.78, 5) is 0. The summed E-state index contributed by atoms with van der Waals surface area (Å²) >= 11 is -3.12. The summed E-state index contributed by atoms with van der Waals surface area (Å²) in [5.74, 6) is 0.675. The van der Waals surface area contributed by atoms with E-state index in [0.29, 0.717) is 5.92 Å². The molecule has 22 heavy (non-hydrogen) atoms. The zero-order valence-corrected chi connectivity index (χ0v) is 19.7. The topological polar surface area (TPSA) is 9.72 Å². The molecule has 128 valence electrons. The number of hydrogen-bond acceptors (Lipinski definition) is 3. The molecule has 0 bridgehead atoms. The molecule has 0 spiro atoms. The maximum absolute atomic E-state index is 3.12. The Balaban J connectivity index is 3.54. The number of hydrogen-bond donors (Lipinski definition) is 0. The second kappa shape index (κ2) is 8.91. The molecule has 0 heterocycles. The third-order valence-electron chi connectivity index (χ3n) is 5.54. The first-order chi connectivity index (χ1) is 10.4. The van der Waals surface area contributed by atoms with Gasteiger partial charge in [-0.15, -0.1) is 0 Å². The second-order valence-electron chi connectivity index (χ2n) is 6.53. The van der Waals surface area contributed by atoms with Crippen LogP contribution in [-0.4, -0.2) is 49.4 Å². The molecular formula is C18H37HfN3. The first-order valence-electron chi connectivity index (χ1n) is 8.95. The van der Waals surface area contributed by atoms with Crippen LogP contribution in [0.5, 0.6) is 0 Å². The van der Waals surface area contributed by atoms with Crippen molar-refractivity contribution in [3.63, 3.8) is 0 Å². The summed E-state index contributed by atoms with van der Waals surface area (Å²) in [6, 6.07) is 0. The van der Waals surface area contributed by atoms with Gasteiger partial charge in [-0.05, 0) is 0 Å². The predicted molar refractivity (Wildman–Crippen MR) is 95.2 cm³/mol. The van der Waals surface area contributed by atoms with Crippen molar-refractivity contribution in [1.29, 1.82) is 0 Å². The van der Waals surface area contributed by atoms with E-state index >= 15 is 0 Å². The first kappa shape index (κ1) is 20.3. The molecule has 0 radical (unpaired) electrons. The molecule has 0 aromatic carbocycles. The summed E-state index contributed by atoms with van der Waals surface area (Å²) in [6.45, 7) is 15.0. The summed E-state index contributed by atoms with van der Waals surface area (Å²) < 4.78 is 9.97. The van der Waals surface area contributed by atoms with Gasteiger partial charge in [-0.25, -0.2) is 0 Å². The molecule has 0 aromatic rings. The summed E-state index contributed by atoms with van der Waals surface area (Å²) in [5, 5.41) is 0. The molecule has 0 fully saturated rings. The van der Waals surface area contributed by atoms with E-state index in [1.807, 2.05) is 0 Å². The number of rotatable bonds is 9. The van der Waals surface area contributed by atoms with Crippen LogP contribution in [0.25, 0.3) is 0 Å². The van der Waals surface area contributed by atoms with Gasteiger partial charge in [-0.2, -0.15) is 0 Å². The van der Waals surface area contributed by atoms with E-state index in [4.69, 9.17) is 0 Å². The van der Waals surface area contributed by atoms with Crippen molar-refractivity contribution in [3.8, 4) is 0 Å². The molecule has 0 N–H and O–H groups in total. The van der Waals surface area contributed by atoms with Crippen LogP contribution in [-0.2, 0) is 20.8 Å². The van der Waals surface area contributed by atoms with E-state index in [9.17, 15) is 0 Å². The van der Waals surface area contributed by atoms with E-state index in [2.05, 4.69) is 76.6 Å². The predicted octanol–water partition coefficient (Wildman–Crippen LogP) is 4.00. The van der Waals surface area contributed by atoms with Crippen molar-refractivity contribution in [3.05, 3.63) is 21.1 Å². The van der Waals surface area contributed by atoms with Crippen molar-refractivity contribution < 1.29 is 20.8 Å². The summed E-state index contributed by atoms with van der Waals surface area (Å²) in [7, 11) is 7.08. The van der Waals surface area contributed by atoms with Gasteiger partial charge in [0.1, 0.15) is 0 Å². The third kappa shape index (κ3) is 3.50. The Hall–Kier alpha value is 0.230. The monoisotopic (exact) mass is 475 g/mol. The van der Waals surface area contributed by atoms with Crippen molar-refractivity contribution in [1.82, 2.24) is 8.66 Å². The van der Waals surface area contributed by atoms with Gasteiger partial charge in [0.15, 0.2) is 0 Å². The summed E-state index contributed by atoms with van der Waals surface area (Å²) in [5.41, 5.74) is 1.64. The van der Waals surface area contributed by atoms with Gasteiger partial charge in [0.05, 0.1) is 0 Å². The number of nitrogens with zero attached hydrogens (tertiary/aromatic N) is 3. The average molecular weight is 474 g/mol. The van der Waals surface area contributed by atoms with Crippen molar-refractivity contribution >= 4 is 0 Å². The zero-order valence-electron chi connectivity index (χ0n) is 16.1. The van der Waals surface area contributed by atoms with Gasteiger partial charge in [0, 0.05) is 0 Å². The normalized spacial score (nSPS) is 17.4. The van der Waals surface area contributed by atoms with Gasteiger partial charge in [-0.3, -0.25) is 0 Å². The minimum absolute atomic E-state index is 0.675. The van der Waals surface area contributed by atoms with Gasteiger partial charge < -0.3 is 0 Å². The fraction of sp³-hybridized carbons (Fsp3) is 0.778. The fourth-order valence-electron chi connectivity index (χ4n) is 3.76. The molecular weight excluding hydrogens is 437 g/mol. The van der Waals surface area contributed by atoms with E-state index in [1.54, 1.807) is 8.90 Å². The summed E-state index contributed by atoms with van der Waals surface area (Å²) in [6.07, 6.45) is 7.23. The van der Waals surface area contributed by atoms with Crippen LogP contribution in [0.2, 0.25) is 0 Å². The van der Waals surface area contributed by atoms with Crippen LogP contribution in [0.3, 0.4) is 0 Å². The third-order valence-corrected chi connectivity index (χ3v) is 25.1. The van der Waals surface area contributed by atoms with Crippen molar-refractivity contribution in [2.75, 3.05) is 40.8 Å². The molecule has 4 heteroatoms. The Morgan fingerprint density at radius 2 is 1.41 bits per heavy atom. The molecule has 0 aliphatic heterocycles. The van der Waals surface area contributed by atoms with Crippen LogP contribution in [0.1, 0.15) is 47.5 Å². The molecule has 1 atom stereocenters. The average Bonchev–Trinajstić information content (AvgIpc) is 3.03. The van der Waals surface area contributed by atoms with Crippen LogP contribution >= 0.6 is 0 Å².